The van der Waals surface area contributed by atoms with Gasteiger partial charge in [-0.2, -0.15) is 0 Å². The Morgan fingerprint density at radius 3 is 2.48 bits per heavy atom. The van der Waals surface area contributed by atoms with Crippen molar-refractivity contribution in [3.8, 4) is 17.0 Å². The summed E-state index contributed by atoms with van der Waals surface area (Å²) in [5.74, 6) is 0.558. The predicted molar refractivity (Wildman–Crippen MR) is 72.7 cm³/mol. The molecule has 2 aromatic rings. The van der Waals surface area contributed by atoms with Gasteiger partial charge in [0, 0.05) is 17.5 Å². The molecular weight excluding hydrogens is 283 g/mol. The second-order valence-electron chi connectivity index (χ2n) is 4.77. The molecule has 0 atom stereocenters. The van der Waals surface area contributed by atoms with E-state index in [1.807, 2.05) is 13.8 Å². The minimum absolute atomic E-state index is 0.0573. The molecule has 0 saturated carbocycles. The smallest absolute Gasteiger partial charge is 0.406 e. The largest absolute Gasteiger partial charge is 0.573 e. The maximum Gasteiger partial charge on any atom is 0.573 e. The summed E-state index contributed by atoms with van der Waals surface area (Å²) in [5, 5.41) is 0. The summed E-state index contributed by atoms with van der Waals surface area (Å²) >= 11 is 0. The number of nitrogens with two attached hydrogens (primary N) is 1. The lowest BCUT2D eigenvalue weighted by Crippen LogP contribution is -2.17. The Labute approximate surface area is 119 Å². The maximum atomic E-state index is 12.2. The number of benzene rings is 1. The Morgan fingerprint density at radius 1 is 1.14 bits per heavy atom. The lowest BCUT2D eigenvalue weighted by atomic mass is 10.1. The summed E-state index contributed by atoms with van der Waals surface area (Å²) in [6.45, 7) is 3.81. The van der Waals surface area contributed by atoms with Crippen LogP contribution in [-0.4, -0.2) is 16.3 Å². The van der Waals surface area contributed by atoms with Gasteiger partial charge in [-0.05, 0) is 12.1 Å². The summed E-state index contributed by atoms with van der Waals surface area (Å²) < 4.78 is 40.6. The first-order valence-corrected chi connectivity index (χ1v) is 6.25. The van der Waals surface area contributed by atoms with Crippen molar-refractivity contribution in [1.29, 1.82) is 0 Å². The van der Waals surface area contributed by atoms with Gasteiger partial charge in [0.05, 0.1) is 5.69 Å². The molecular formula is C14H14F3N3O. The maximum absolute atomic E-state index is 12.2. The van der Waals surface area contributed by atoms with Crippen LogP contribution in [0.5, 0.6) is 5.75 Å². The van der Waals surface area contributed by atoms with Gasteiger partial charge in [0.25, 0.3) is 0 Å². The first-order chi connectivity index (χ1) is 9.74. The van der Waals surface area contributed by atoms with Crippen LogP contribution >= 0.6 is 0 Å². The summed E-state index contributed by atoms with van der Waals surface area (Å²) in [5.41, 5.74) is 6.65. The van der Waals surface area contributed by atoms with Crippen molar-refractivity contribution in [1.82, 2.24) is 9.97 Å². The first kappa shape index (κ1) is 15.1. The van der Waals surface area contributed by atoms with E-state index >= 15 is 0 Å². The number of nitrogen functional groups attached to an aromatic ring is 1. The molecule has 1 heterocycles. The van der Waals surface area contributed by atoms with Crippen molar-refractivity contribution in [3.05, 3.63) is 36.2 Å². The van der Waals surface area contributed by atoms with Crippen molar-refractivity contribution in [2.75, 3.05) is 5.73 Å². The first-order valence-electron chi connectivity index (χ1n) is 6.25. The lowest BCUT2D eigenvalue weighted by Gasteiger charge is -2.11. The number of aromatic nitrogens is 2. The normalized spacial score (nSPS) is 11.7. The van der Waals surface area contributed by atoms with Gasteiger partial charge in [0.1, 0.15) is 17.4 Å². The molecule has 0 radical (unpaired) electrons. The van der Waals surface area contributed by atoms with Gasteiger partial charge in [-0.3, -0.25) is 0 Å². The van der Waals surface area contributed by atoms with Gasteiger partial charge >= 0.3 is 6.36 Å². The zero-order chi connectivity index (χ0) is 15.6. The van der Waals surface area contributed by atoms with Crippen molar-refractivity contribution in [3.63, 3.8) is 0 Å². The molecule has 0 aliphatic carbocycles. The molecule has 7 heteroatoms. The third-order valence-electron chi connectivity index (χ3n) is 2.64. The fourth-order valence-corrected chi connectivity index (χ4v) is 1.74. The number of ether oxygens (including phenoxy) is 1. The highest BCUT2D eigenvalue weighted by Gasteiger charge is 2.31. The number of alkyl halides is 3. The molecule has 21 heavy (non-hydrogen) atoms. The molecule has 4 nitrogen and oxygen atoms in total. The summed E-state index contributed by atoms with van der Waals surface area (Å²) in [7, 11) is 0. The van der Waals surface area contributed by atoms with Crippen LogP contribution in [0, 0.1) is 0 Å². The van der Waals surface area contributed by atoms with Crippen molar-refractivity contribution in [2.24, 2.45) is 0 Å². The second kappa shape index (κ2) is 5.59. The molecule has 2 rings (SSSR count). The Kier molecular flexibility index (Phi) is 4.02. The number of anilines is 1. The van der Waals surface area contributed by atoms with E-state index in [1.165, 1.54) is 24.3 Å². The Hall–Kier alpha value is -2.31. The van der Waals surface area contributed by atoms with Gasteiger partial charge in [-0.25, -0.2) is 9.97 Å². The molecule has 0 aliphatic rings. The Bertz CT molecular complexity index is 642. The number of hydrogen-bond acceptors (Lipinski definition) is 4. The third kappa shape index (κ3) is 4.08. The number of rotatable bonds is 3. The van der Waals surface area contributed by atoms with Crippen molar-refractivity contribution < 1.29 is 17.9 Å². The number of hydrogen-bond donors (Lipinski definition) is 1. The molecule has 0 fully saturated rings. The fraction of sp³-hybridized carbons (Fsp3) is 0.286. The van der Waals surface area contributed by atoms with E-state index in [9.17, 15) is 13.2 Å². The molecule has 2 N–H and O–H groups in total. The average molecular weight is 297 g/mol. The Balaban J connectivity index is 2.40. The van der Waals surface area contributed by atoms with Crippen LogP contribution in [0.25, 0.3) is 11.3 Å². The van der Waals surface area contributed by atoms with E-state index in [0.717, 1.165) is 0 Å². The molecule has 112 valence electrons. The molecule has 0 saturated heterocycles. The molecule has 0 aliphatic heterocycles. The molecule has 0 bridgehead atoms. The van der Waals surface area contributed by atoms with Crippen LogP contribution in [0.15, 0.2) is 30.3 Å². The van der Waals surface area contributed by atoms with Crippen LogP contribution in [0.2, 0.25) is 0 Å². The summed E-state index contributed by atoms with van der Waals surface area (Å²) in [6.07, 6.45) is -4.73. The zero-order valence-corrected chi connectivity index (χ0v) is 11.5. The monoisotopic (exact) mass is 297 g/mol. The minimum Gasteiger partial charge on any atom is -0.406 e. The molecule has 1 aromatic heterocycles. The highest BCUT2D eigenvalue weighted by atomic mass is 19.4. The molecule has 0 unspecified atom stereocenters. The number of halogens is 3. The minimum atomic E-state index is -4.73. The SMILES string of the molecule is CC(C)c1nc(N)cc(-c2cccc(OC(F)(F)F)c2)n1. The van der Waals surface area contributed by atoms with E-state index in [-0.39, 0.29) is 17.5 Å². The topological polar surface area (TPSA) is 61.0 Å². The van der Waals surface area contributed by atoms with E-state index in [1.54, 1.807) is 6.07 Å². The van der Waals surface area contributed by atoms with Crippen molar-refractivity contribution >= 4 is 5.82 Å². The average Bonchev–Trinajstić information content (AvgIpc) is 2.36. The lowest BCUT2D eigenvalue weighted by molar-refractivity contribution is -0.274. The quantitative estimate of drug-likeness (QED) is 0.937. The number of nitrogens with zero attached hydrogens (tertiary/aromatic N) is 2. The van der Waals surface area contributed by atoms with Gasteiger partial charge in [0.2, 0.25) is 0 Å². The van der Waals surface area contributed by atoms with Gasteiger partial charge in [-0.1, -0.05) is 26.0 Å². The van der Waals surface area contributed by atoms with Gasteiger partial charge in [-0.15, -0.1) is 13.2 Å². The second-order valence-corrected chi connectivity index (χ2v) is 4.77. The van der Waals surface area contributed by atoms with Crippen LogP contribution in [0.4, 0.5) is 19.0 Å². The Morgan fingerprint density at radius 2 is 1.86 bits per heavy atom. The predicted octanol–water partition coefficient (Wildman–Crippen LogP) is 3.75. The van der Waals surface area contributed by atoms with Crippen LogP contribution in [-0.2, 0) is 0 Å². The summed E-state index contributed by atoms with van der Waals surface area (Å²) in [6, 6.07) is 7.10. The molecule has 0 amide bonds. The molecule has 1 aromatic carbocycles. The standard InChI is InChI=1S/C14H14F3N3O/c1-8(2)13-19-11(7-12(18)20-13)9-4-3-5-10(6-9)21-14(15,16)17/h3-8H,1-2H3,(H2,18,19,20). The van der Waals surface area contributed by atoms with E-state index in [0.29, 0.717) is 17.1 Å². The summed E-state index contributed by atoms with van der Waals surface area (Å²) in [4.78, 5) is 8.41. The van der Waals surface area contributed by atoms with Crippen LogP contribution in [0.1, 0.15) is 25.6 Å². The van der Waals surface area contributed by atoms with Crippen molar-refractivity contribution in [2.45, 2.75) is 26.1 Å². The van der Waals surface area contributed by atoms with E-state index < -0.39 is 6.36 Å². The van der Waals surface area contributed by atoms with E-state index in [2.05, 4.69) is 14.7 Å². The molecule has 0 spiro atoms. The highest BCUT2D eigenvalue weighted by Crippen LogP contribution is 2.28. The van der Waals surface area contributed by atoms with E-state index in [4.69, 9.17) is 5.73 Å². The third-order valence-corrected chi connectivity index (χ3v) is 2.64. The van der Waals surface area contributed by atoms with Crippen LogP contribution < -0.4 is 10.5 Å². The highest BCUT2D eigenvalue weighted by molar-refractivity contribution is 5.63. The van der Waals surface area contributed by atoms with Gasteiger partial charge < -0.3 is 10.5 Å². The van der Waals surface area contributed by atoms with Crippen LogP contribution in [0.3, 0.4) is 0 Å². The fourth-order valence-electron chi connectivity index (χ4n) is 1.74. The zero-order valence-electron chi connectivity index (χ0n) is 11.5. The van der Waals surface area contributed by atoms with Gasteiger partial charge in [0.15, 0.2) is 0 Å².